The number of alkyl halides is 3. The van der Waals surface area contributed by atoms with Crippen LogP contribution in [0.5, 0.6) is 0 Å². The van der Waals surface area contributed by atoms with Crippen LogP contribution in [0.2, 0.25) is 0 Å². The summed E-state index contributed by atoms with van der Waals surface area (Å²) in [5, 5.41) is 12.3. The minimum atomic E-state index is -5.31. The summed E-state index contributed by atoms with van der Waals surface area (Å²) >= 11 is 0. The third-order valence-electron chi connectivity index (χ3n) is 2.88. The number of anilines is 1. The molecule has 1 amide bonds. The first-order valence-corrected chi connectivity index (χ1v) is 8.97. The van der Waals surface area contributed by atoms with Crippen LogP contribution in [0.15, 0.2) is 30.3 Å². The smallest absolute Gasteiger partial charge is 0.373 e. The van der Waals surface area contributed by atoms with Crippen molar-refractivity contribution >= 4 is 21.6 Å². The largest absolute Gasteiger partial charge is 0.426 e. The predicted molar refractivity (Wildman–Crippen MR) is 89.7 cm³/mol. The topological polar surface area (TPSA) is 86.7 Å². The fraction of sp³-hybridized carbons (Fsp3) is 0.533. The van der Waals surface area contributed by atoms with Crippen molar-refractivity contribution in [1.82, 2.24) is 5.32 Å². The Bertz CT molecular complexity index is 646. The summed E-state index contributed by atoms with van der Waals surface area (Å²) in [5.41, 5.74) is -4.07. The van der Waals surface area contributed by atoms with Gasteiger partial charge < -0.3 is 10.4 Å². The summed E-state index contributed by atoms with van der Waals surface area (Å²) in [6.45, 7) is 1.74. The highest BCUT2D eigenvalue weighted by Crippen LogP contribution is 2.34. The van der Waals surface area contributed by atoms with Gasteiger partial charge in [-0.2, -0.15) is 13.2 Å². The maximum atomic E-state index is 12.8. The van der Waals surface area contributed by atoms with Crippen LogP contribution in [0.3, 0.4) is 0 Å². The SMILES string of the molecule is CCCS(=O)(=O)N(C(=O)C(C)(O)C(F)(F)F)c1ccccc1.CNC. The molecule has 0 spiro atoms. The second-order valence-electron chi connectivity index (χ2n) is 5.29. The molecule has 1 aromatic carbocycles. The summed E-state index contributed by atoms with van der Waals surface area (Å²) in [6, 6.07) is 6.62. The Morgan fingerprint density at radius 2 is 1.64 bits per heavy atom. The van der Waals surface area contributed by atoms with Crippen LogP contribution in [0, 0.1) is 0 Å². The number of nitrogens with one attached hydrogen (secondary N) is 1. The first-order chi connectivity index (χ1) is 11.4. The number of hydrogen-bond acceptors (Lipinski definition) is 5. The lowest BCUT2D eigenvalue weighted by Gasteiger charge is -2.31. The van der Waals surface area contributed by atoms with Gasteiger partial charge in [0.25, 0.3) is 5.91 Å². The number of aliphatic hydroxyl groups is 1. The summed E-state index contributed by atoms with van der Waals surface area (Å²) in [7, 11) is -0.594. The van der Waals surface area contributed by atoms with Crippen molar-refractivity contribution in [3.63, 3.8) is 0 Å². The van der Waals surface area contributed by atoms with Gasteiger partial charge in [-0.3, -0.25) is 4.79 Å². The molecule has 0 aliphatic heterocycles. The Morgan fingerprint density at radius 1 is 1.20 bits per heavy atom. The van der Waals surface area contributed by atoms with E-state index in [1.165, 1.54) is 37.3 Å². The molecule has 144 valence electrons. The Labute approximate surface area is 145 Å². The van der Waals surface area contributed by atoms with Gasteiger partial charge in [0.2, 0.25) is 15.6 Å². The summed E-state index contributed by atoms with van der Waals surface area (Å²) < 4.78 is 62.9. The minimum absolute atomic E-state index is 0.0178. The lowest BCUT2D eigenvalue weighted by Crippen LogP contribution is -2.58. The van der Waals surface area contributed by atoms with E-state index in [9.17, 15) is 31.5 Å². The van der Waals surface area contributed by atoms with E-state index in [0.29, 0.717) is 0 Å². The van der Waals surface area contributed by atoms with Crippen molar-refractivity contribution in [3.8, 4) is 0 Å². The number of benzene rings is 1. The van der Waals surface area contributed by atoms with Gasteiger partial charge in [0, 0.05) is 0 Å². The molecule has 2 N–H and O–H groups in total. The molecule has 0 bridgehead atoms. The number of hydrogen-bond donors (Lipinski definition) is 2. The monoisotopic (exact) mass is 384 g/mol. The molecule has 1 aromatic rings. The lowest BCUT2D eigenvalue weighted by atomic mass is 10.1. The quantitative estimate of drug-likeness (QED) is 0.810. The van der Waals surface area contributed by atoms with E-state index in [0.717, 1.165) is 0 Å². The number of nitrogens with zero attached hydrogens (tertiary/aromatic N) is 1. The van der Waals surface area contributed by atoms with E-state index in [-0.39, 0.29) is 23.3 Å². The first kappa shape index (κ1) is 23.4. The van der Waals surface area contributed by atoms with Crippen LogP contribution < -0.4 is 9.62 Å². The van der Waals surface area contributed by atoms with E-state index in [1.807, 2.05) is 14.1 Å². The molecule has 6 nitrogen and oxygen atoms in total. The van der Waals surface area contributed by atoms with Crippen molar-refractivity contribution < 1.29 is 31.5 Å². The van der Waals surface area contributed by atoms with Gasteiger partial charge in [0.15, 0.2) is 0 Å². The van der Waals surface area contributed by atoms with E-state index < -0.39 is 33.5 Å². The van der Waals surface area contributed by atoms with Gasteiger partial charge >= 0.3 is 6.18 Å². The average molecular weight is 384 g/mol. The number of sulfonamides is 1. The van der Waals surface area contributed by atoms with E-state index in [2.05, 4.69) is 5.32 Å². The molecule has 1 unspecified atom stereocenters. The second kappa shape index (κ2) is 9.16. The van der Waals surface area contributed by atoms with Gasteiger partial charge in [-0.1, -0.05) is 25.1 Å². The van der Waals surface area contributed by atoms with Crippen LogP contribution in [0.1, 0.15) is 20.3 Å². The number of carbonyl (C=O) groups excluding carboxylic acids is 1. The zero-order valence-corrected chi connectivity index (χ0v) is 15.3. The molecule has 1 atom stereocenters. The van der Waals surface area contributed by atoms with Crippen LogP contribution in [0.25, 0.3) is 0 Å². The highest BCUT2D eigenvalue weighted by molar-refractivity contribution is 7.93. The van der Waals surface area contributed by atoms with Crippen molar-refractivity contribution in [2.45, 2.75) is 32.0 Å². The number of rotatable bonds is 5. The van der Waals surface area contributed by atoms with Gasteiger partial charge in [-0.05, 0) is 39.6 Å². The second-order valence-corrected chi connectivity index (χ2v) is 7.23. The first-order valence-electron chi connectivity index (χ1n) is 7.36. The number of amides is 1. The van der Waals surface area contributed by atoms with Crippen molar-refractivity contribution in [1.29, 1.82) is 0 Å². The third-order valence-corrected chi connectivity index (χ3v) is 4.74. The lowest BCUT2D eigenvalue weighted by molar-refractivity contribution is -0.243. The highest BCUT2D eigenvalue weighted by Gasteiger charge is 2.58. The van der Waals surface area contributed by atoms with E-state index >= 15 is 0 Å². The van der Waals surface area contributed by atoms with E-state index in [4.69, 9.17) is 0 Å². The van der Waals surface area contributed by atoms with Gasteiger partial charge in [0.05, 0.1) is 11.4 Å². The van der Waals surface area contributed by atoms with E-state index in [1.54, 1.807) is 0 Å². The van der Waals surface area contributed by atoms with Crippen LogP contribution in [-0.2, 0) is 14.8 Å². The average Bonchev–Trinajstić information content (AvgIpc) is 2.47. The van der Waals surface area contributed by atoms with Crippen LogP contribution >= 0.6 is 0 Å². The van der Waals surface area contributed by atoms with Crippen molar-refractivity contribution in [2.24, 2.45) is 0 Å². The van der Waals surface area contributed by atoms with Crippen LogP contribution in [-0.4, -0.2) is 51.1 Å². The fourth-order valence-electron chi connectivity index (χ4n) is 1.64. The minimum Gasteiger partial charge on any atom is -0.373 e. The molecule has 25 heavy (non-hydrogen) atoms. The maximum absolute atomic E-state index is 12.8. The maximum Gasteiger partial charge on any atom is 0.426 e. The molecule has 0 aliphatic carbocycles. The fourth-order valence-corrected chi connectivity index (χ4v) is 3.21. The molecular formula is C15H23F3N2O4S. The van der Waals surface area contributed by atoms with Gasteiger partial charge in [-0.15, -0.1) is 0 Å². The number of carbonyl (C=O) groups is 1. The van der Waals surface area contributed by atoms with Gasteiger partial charge in [0.1, 0.15) is 0 Å². The van der Waals surface area contributed by atoms with Gasteiger partial charge in [-0.25, -0.2) is 12.7 Å². The molecule has 0 heterocycles. The Hall–Kier alpha value is -1.65. The predicted octanol–water partition coefficient (Wildman–Crippen LogP) is 1.91. The summed E-state index contributed by atoms with van der Waals surface area (Å²) in [5.74, 6) is -2.48. The molecule has 0 saturated heterocycles. The number of para-hydroxylation sites is 1. The standard InChI is InChI=1S/C13H16F3NO4S.C2H7N/c1-3-9-22(20,21)17(10-7-5-4-6-8-10)11(18)12(2,19)13(14,15)16;1-3-2/h4-8,19H,3,9H2,1-2H3;3H,1-2H3. The Kier molecular flexibility index (Phi) is 8.56. The molecule has 0 aliphatic rings. The molecular weight excluding hydrogens is 361 g/mol. The molecule has 0 fully saturated rings. The van der Waals surface area contributed by atoms with Crippen molar-refractivity contribution in [3.05, 3.63) is 30.3 Å². The Morgan fingerprint density at radius 3 is 2.00 bits per heavy atom. The zero-order valence-electron chi connectivity index (χ0n) is 14.5. The molecule has 0 radical (unpaired) electrons. The zero-order chi connectivity index (χ0) is 19.9. The highest BCUT2D eigenvalue weighted by atomic mass is 32.2. The third kappa shape index (κ3) is 5.98. The molecule has 10 heteroatoms. The normalized spacial score (nSPS) is 14.1. The molecule has 0 saturated carbocycles. The summed E-state index contributed by atoms with van der Waals surface area (Å²) in [4.78, 5) is 12.1. The molecule has 1 rings (SSSR count). The van der Waals surface area contributed by atoms with Crippen molar-refractivity contribution in [2.75, 3.05) is 24.2 Å². The molecule has 0 aromatic heterocycles. The van der Waals surface area contributed by atoms with Crippen LogP contribution in [0.4, 0.5) is 18.9 Å². The number of halogens is 3. The Balaban J connectivity index is 0.00000178. The summed E-state index contributed by atoms with van der Waals surface area (Å²) in [6.07, 6.45) is -5.20.